The van der Waals surface area contributed by atoms with Crippen LogP contribution in [0.1, 0.15) is 15.9 Å². The normalized spacial score (nSPS) is 15.1. The molecule has 2 aromatic carbocycles. The standard InChI is InChI=1S/C20H24FN3O4S/c1-15-14-16(21)6-7-19(15)29(26,27)23-18-5-3-2-4-17(18)20(25)22-8-9-24-10-12-28-13-11-24/h2-7,14,23H,8-13H2,1H3,(H,22,25)/p+1. The van der Waals surface area contributed by atoms with E-state index < -0.39 is 15.8 Å². The summed E-state index contributed by atoms with van der Waals surface area (Å²) in [4.78, 5) is 13.9. The zero-order valence-electron chi connectivity index (χ0n) is 16.2. The first-order valence-corrected chi connectivity index (χ1v) is 10.9. The fourth-order valence-corrected chi connectivity index (χ4v) is 4.55. The molecule has 1 aliphatic rings. The number of benzene rings is 2. The van der Waals surface area contributed by atoms with Gasteiger partial charge < -0.3 is 15.0 Å². The molecule has 3 rings (SSSR count). The summed E-state index contributed by atoms with van der Waals surface area (Å²) in [5, 5.41) is 2.85. The van der Waals surface area contributed by atoms with E-state index in [0.717, 1.165) is 45.0 Å². The van der Waals surface area contributed by atoms with Crippen LogP contribution in [0.15, 0.2) is 47.4 Å². The number of aryl methyl sites for hydroxylation is 1. The molecule has 1 amide bonds. The predicted octanol–water partition coefficient (Wildman–Crippen LogP) is 0.580. The van der Waals surface area contributed by atoms with Crippen molar-refractivity contribution in [2.24, 2.45) is 0 Å². The monoisotopic (exact) mass is 422 g/mol. The van der Waals surface area contributed by atoms with Crippen LogP contribution in [-0.4, -0.2) is 53.7 Å². The maximum atomic E-state index is 13.3. The molecule has 0 spiro atoms. The van der Waals surface area contributed by atoms with Crippen LogP contribution >= 0.6 is 0 Å². The Labute approximate surface area is 169 Å². The van der Waals surface area contributed by atoms with Crippen LogP contribution in [0.4, 0.5) is 10.1 Å². The molecule has 0 unspecified atom stereocenters. The van der Waals surface area contributed by atoms with Gasteiger partial charge >= 0.3 is 0 Å². The molecule has 2 aromatic rings. The molecular weight excluding hydrogens is 397 g/mol. The molecule has 0 saturated carbocycles. The summed E-state index contributed by atoms with van der Waals surface area (Å²) in [7, 11) is -3.97. The number of nitrogens with one attached hydrogen (secondary N) is 3. The number of anilines is 1. The fraction of sp³-hybridized carbons (Fsp3) is 0.350. The number of carbonyl (C=O) groups excluding carboxylic acids is 1. The van der Waals surface area contributed by atoms with Gasteiger partial charge in [0.05, 0.1) is 42.4 Å². The molecule has 0 atom stereocenters. The summed E-state index contributed by atoms with van der Waals surface area (Å²) in [6.07, 6.45) is 0. The summed E-state index contributed by atoms with van der Waals surface area (Å²) < 4.78 is 46.6. The van der Waals surface area contributed by atoms with Crippen molar-refractivity contribution in [1.29, 1.82) is 0 Å². The van der Waals surface area contributed by atoms with Crippen molar-refractivity contribution in [2.75, 3.05) is 44.1 Å². The molecule has 1 heterocycles. The van der Waals surface area contributed by atoms with E-state index >= 15 is 0 Å². The van der Waals surface area contributed by atoms with Crippen LogP contribution in [0.25, 0.3) is 0 Å². The van der Waals surface area contributed by atoms with Gasteiger partial charge in [-0.15, -0.1) is 0 Å². The minimum Gasteiger partial charge on any atom is -0.370 e. The zero-order chi connectivity index (χ0) is 20.9. The van der Waals surface area contributed by atoms with Crippen molar-refractivity contribution in [3.05, 3.63) is 59.4 Å². The summed E-state index contributed by atoms with van der Waals surface area (Å²) >= 11 is 0. The quantitative estimate of drug-likeness (QED) is 0.609. The number of morpholine rings is 1. The number of amides is 1. The number of sulfonamides is 1. The number of quaternary nitrogens is 1. The van der Waals surface area contributed by atoms with E-state index in [4.69, 9.17) is 4.74 Å². The molecule has 7 nitrogen and oxygen atoms in total. The first kappa shape index (κ1) is 21.2. The number of para-hydroxylation sites is 1. The minimum absolute atomic E-state index is 0.0370. The molecule has 1 fully saturated rings. The van der Waals surface area contributed by atoms with Crippen molar-refractivity contribution in [2.45, 2.75) is 11.8 Å². The van der Waals surface area contributed by atoms with Crippen LogP contribution in [-0.2, 0) is 14.8 Å². The van der Waals surface area contributed by atoms with Gasteiger partial charge in [0.15, 0.2) is 0 Å². The van der Waals surface area contributed by atoms with E-state index in [1.807, 2.05) is 0 Å². The van der Waals surface area contributed by atoms with Crippen molar-refractivity contribution in [3.63, 3.8) is 0 Å². The molecule has 0 aliphatic carbocycles. The second-order valence-electron chi connectivity index (χ2n) is 6.93. The van der Waals surface area contributed by atoms with Gasteiger partial charge in [0.2, 0.25) is 0 Å². The van der Waals surface area contributed by atoms with Crippen molar-refractivity contribution < 1.29 is 27.2 Å². The van der Waals surface area contributed by atoms with E-state index in [1.54, 1.807) is 18.2 Å². The minimum atomic E-state index is -3.97. The lowest BCUT2D eigenvalue weighted by atomic mass is 10.1. The highest BCUT2D eigenvalue weighted by molar-refractivity contribution is 7.92. The zero-order valence-corrected chi connectivity index (χ0v) is 17.0. The number of hydrogen-bond donors (Lipinski definition) is 3. The van der Waals surface area contributed by atoms with Crippen LogP contribution < -0.4 is 14.9 Å². The average Bonchev–Trinajstić information content (AvgIpc) is 2.68. The van der Waals surface area contributed by atoms with Crippen molar-refractivity contribution in [1.82, 2.24) is 5.32 Å². The molecule has 29 heavy (non-hydrogen) atoms. The number of carbonyl (C=O) groups is 1. The first-order chi connectivity index (χ1) is 13.9. The highest BCUT2D eigenvalue weighted by atomic mass is 32.2. The molecule has 3 N–H and O–H groups in total. The lowest BCUT2D eigenvalue weighted by Gasteiger charge is -2.23. The van der Waals surface area contributed by atoms with Gasteiger partial charge in [-0.05, 0) is 42.8 Å². The number of ether oxygens (including phenoxy) is 1. The van der Waals surface area contributed by atoms with E-state index in [0.29, 0.717) is 6.54 Å². The van der Waals surface area contributed by atoms with Gasteiger partial charge in [-0.1, -0.05) is 12.1 Å². The average molecular weight is 423 g/mol. The Morgan fingerprint density at radius 3 is 2.62 bits per heavy atom. The molecule has 0 radical (unpaired) electrons. The summed E-state index contributed by atoms with van der Waals surface area (Å²) in [5.41, 5.74) is 0.688. The van der Waals surface area contributed by atoms with E-state index in [1.165, 1.54) is 24.0 Å². The summed E-state index contributed by atoms with van der Waals surface area (Å²) in [6.45, 7) is 6.02. The maximum absolute atomic E-state index is 13.3. The van der Waals surface area contributed by atoms with Gasteiger partial charge in [0.25, 0.3) is 15.9 Å². The largest absolute Gasteiger partial charge is 0.370 e. The van der Waals surface area contributed by atoms with Crippen LogP contribution in [0, 0.1) is 12.7 Å². The predicted molar refractivity (Wildman–Crippen MR) is 107 cm³/mol. The second kappa shape index (κ2) is 9.34. The number of rotatable bonds is 7. The third kappa shape index (κ3) is 5.53. The maximum Gasteiger partial charge on any atom is 0.262 e. The third-order valence-corrected chi connectivity index (χ3v) is 6.33. The van der Waals surface area contributed by atoms with E-state index in [2.05, 4.69) is 10.0 Å². The lowest BCUT2D eigenvalue weighted by Crippen LogP contribution is -3.14. The Hall–Kier alpha value is -2.49. The van der Waals surface area contributed by atoms with Crippen LogP contribution in [0.5, 0.6) is 0 Å². The molecule has 156 valence electrons. The van der Waals surface area contributed by atoms with Crippen molar-refractivity contribution in [3.8, 4) is 0 Å². The Morgan fingerprint density at radius 2 is 1.90 bits per heavy atom. The molecule has 1 aliphatic heterocycles. The molecule has 9 heteroatoms. The van der Waals surface area contributed by atoms with Gasteiger partial charge in [-0.3, -0.25) is 9.52 Å². The summed E-state index contributed by atoms with van der Waals surface area (Å²) in [5.74, 6) is -0.865. The van der Waals surface area contributed by atoms with Crippen LogP contribution in [0.3, 0.4) is 0 Å². The van der Waals surface area contributed by atoms with E-state index in [9.17, 15) is 17.6 Å². The Kier molecular flexibility index (Phi) is 6.83. The first-order valence-electron chi connectivity index (χ1n) is 9.44. The van der Waals surface area contributed by atoms with Gasteiger partial charge in [0, 0.05) is 0 Å². The smallest absolute Gasteiger partial charge is 0.262 e. The lowest BCUT2D eigenvalue weighted by molar-refractivity contribution is -0.906. The topological polar surface area (TPSA) is 88.9 Å². The van der Waals surface area contributed by atoms with Gasteiger partial charge in [-0.25, -0.2) is 12.8 Å². The van der Waals surface area contributed by atoms with Crippen LogP contribution in [0.2, 0.25) is 0 Å². The SMILES string of the molecule is Cc1cc(F)ccc1S(=O)(=O)Nc1ccccc1C(=O)NCC[NH+]1CCOCC1. The third-order valence-electron chi connectivity index (χ3n) is 4.81. The fourth-order valence-electron chi connectivity index (χ4n) is 3.24. The molecule has 1 saturated heterocycles. The Balaban J connectivity index is 1.70. The Morgan fingerprint density at radius 1 is 1.17 bits per heavy atom. The summed E-state index contributed by atoms with van der Waals surface area (Å²) in [6, 6.07) is 9.86. The highest BCUT2D eigenvalue weighted by Crippen LogP contribution is 2.22. The molecule has 0 bridgehead atoms. The van der Waals surface area contributed by atoms with Crippen molar-refractivity contribution >= 4 is 21.6 Å². The highest BCUT2D eigenvalue weighted by Gasteiger charge is 2.21. The van der Waals surface area contributed by atoms with E-state index in [-0.39, 0.29) is 27.6 Å². The van der Waals surface area contributed by atoms with Gasteiger partial charge in [-0.2, -0.15) is 0 Å². The number of halogens is 1. The Bertz CT molecular complexity index is 975. The van der Waals surface area contributed by atoms with Gasteiger partial charge in [0.1, 0.15) is 18.9 Å². The second-order valence-corrected chi connectivity index (χ2v) is 8.58. The molecular formula is C20H25FN3O4S+. The number of hydrogen-bond acceptors (Lipinski definition) is 4. The molecule has 0 aromatic heterocycles.